The summed E-state index contributed by atoms with van der Waals surface area (Å²) in [5, 5.41) is 0. The summed E-state index contributed by atoms with van der Waals surface area (Å²) in [6.45, 7) is 0. The first-order valence-electron chi connectivity index (χ1n) is 3.69. The Labute approximate surface area is 81.6 Å². The van der Waals surface area contributed by atoms with Crippen LogP contribution in [0.5, 0.6) is 0 Å². The maximum absolute atomic E-state index is 2.22. The standard InChI is InChI=1S/C5H5.C4H4N.CH3.Ru/c2*1-2-4-5-3-1;;/h1-5H;1-4H;1H3;/q;-1;;+1. The first-order valence-corrected chi connectivity index (χ1v) is 6.21. The molecule has 2 rings (SSSR count). The van der Waals surface area contributed by atoms with E-state index < -0.39 is 0 Å². The van der Waals surface area contributed by atoms with Gasteiger partial charge < -0.3 is 0 Å². The molecule has 2 heteroatoms. The van der Waals surface area contributed by atoms with Gasteiger partial charge in [-0.15, -0.1) is 0 Å². The predicted molar refractivity (Wildman–Crippen MR) is 48.3 cm³/mol. The Bertz CT molecular complexity index is 237. The number of aromatic nitrogens is 1. The van der Waals surface area contributed by atoms with Crippen LogP contribution in [-0.4, -0.2) is 3.31 Å². The van der Waals surface area contributed by atoms with Crippen LogP contribution in [0.25, 0.3) is 0 Å². The topological polar surface area (TPSA) is 4.93 Å². The quantitative estimate of drug-likeness (QED) is 0.672. The van der Waals surface area contributed by atoms with Gasteiger partial charge in [0.1, 0.15) is 0 Å². The fourth-order valence-corrected chi connectivity index (χ4v) is 1.55. The summed E-state index contributed by atoms with van der Waals surface area (Å²) in [6.07, 6.45) is 14.2. The van der Waals surface area contributed by atoms with Crippen LogP contribution in [0.15, 0.2) is 48.8 Å². The molecular formula is C10H12NRu. The van der Waals surface area contributed by atoms with Crippen LogP contribution in [0.3, 0.4) is 0 Å². The van der Waals surface area contributed by atoms with Gasteiger partial charge in [0.05, 0.1) is 0 Å². The Morgan fingerprint density at radius 3 is 1.75 bits per heavy atom. The van der Waals surface area contributed by atoms with Crippen molar-refractivity contribution >= 4 is 0 Å². The van der Waals surface area contributed by atoms with Crippen molar-refractivity contribution in [2.24, 2.45) is 0 Å². The van der Waals surface area contributed by atoms with Gasteiger partial charge in [0, 0.05) is 6.42 Å². The largest absolute Gasteiger partial charge is 0.0767 e. The molecule has 1 radical (unpaired) electrons. The van der Waals surface area contributed by atoms with Crippen LogP contribution in [0.4, 0.5) is 0 Å². The van der Waals surface area contributed by atoms with E-state index in [0.29, 0.717) is 17.4 Å². The molecule has 1 aromatic heterocycles. The second kappa shape index (κ2) is 5.96. The minimum atomic E-state index is 0.411. The van der Waals surface area contributed by atoms with Gasteiger partial charge in [0.25, 0.3) is 0 Å². The zero-order valence-corrected chi connectivity index (χ0v) is 8.74. The molecule has 0 saturated heterocycles. The van der Waals surface area contributed by atoms with Gasteiger partial charge in [0.15, 0.2) is 0 Å². The first kappa shape index (κ1) is 9.47. The maximum atomic E-state index is 2.22. The van der Waals surface area contributed by atoms with Gasteiger partial charge in [-0.3, -0.25) is 0 Å². The Hall–Kier alpha value is -0.617. The van der Waals surface area contributed by atoms with Gasteiger partial charge in [-0.25, -0.2) is 0 Å². The monoisotopic (exact) mass is 248 g/mol. The second-order valence-electron chi connectivity index (χ2n) is 2.14. The van der Waals surface area contributed by atoms with E-state index in [4.69, 9.17) is 0 Å². The predicted octanol–water partition coefficient (Wildman–Crippen LogP) is 2.70. The van der Waals surface area contributed by atoms with E-state index >= 15 is 0 Å². The van der Waals surface area contributed by atoms with Crippen LogP contribution in [-0.2, 0) is 17.4 Å². The summed E-state index contributed by atoms with van der Waals surface area (Å²) in [5.41, 5.74) is 2.22. The van der Waals surface area contributed by atoms with Crippen molar-refractivity contribution in [1.29, 1.82) is 0 Å². The van der Waals surface area contributed by atoms with Gasteiger partial charge in [-0.05, 0) is 0 Å². The molecule has 1 aromatic rings. The number of nitrogens with zero attached hydrogens (tertiary/aromatic N) is 1. The number of hydrogen-bond acceptors (Lipinski definition) is 0. The minimum Gasteiger partial charge on any atom is -0.0767 e. The number of hydrogen-bond donors (Lipinski definition) is 0. The van der Waals surface area contributed by atoms with E-state index in [1.54, 1.807) is 0 Å². The van der Waals surface area contributed by atoms with Crippen molar-refractivity contribution < 1.29 is 17.4 Å². The van der Waals surface area contributed by atoms with E-state index in [2.05, 4.69) is 33.4 Å². The summed E-state index contributed by atoms with van der Waals surface area (Å²) in [7, 11) is 0. The Kier molecular flexibility index (Phi) is 4.71. The molecule has 1 heterocycles. The number of allylic oxidation sites excluding steroid dienone is 4. The van der Waals surface area contributed by atoms with Crippen molar-refractivity contribution in [3.05, 3.63) is 55.3 Å². The molecule has 0 fully saturated rings. The Morgan fingerprint density at radius 2 is 1.50 bits per heavy atom. The van der Waals surface area contributed by atoms with E-state index in [-0.39, 0.29) is 0 Å². The normalized spacial score (nSPS) is 13.1. The van der Waals surface area contributed by atoms with Crippen LogP contribution in [0.2, 0.25) is 5.52 Å². The minimum absolute atomic E-state index is 0.411. The van der Waals surface area contributed by atoms with Crippen molar-refractivity contribution in [2.45, 2.75) is 5.52 Å². The fourth-order valence-electron chi connectivity index (χ4n) is 0.735. The second-order valence-corrected chi connectivity index (χ2v) is 3.81. The van der Waals surface area contributed by atoms with Gasteiger partial charge in [0.2, 0.25) is 0 Å². The summed E-state index contributed by atoms with van der Waals surface area (Å²) >= 11 is 0.411. The van der Waals surface area contributed by atoms with Crippen molar-refractivity contribution in [1.82, 2.24) is 3.31 Å². The van der Waals surface area contributed by atoms with Crippen molar-refractivity contribution in [3.8, 4) is 0 Å². The fraction of sp³-hybridized carbons (Fsp3) is 0.100. The third-order valence-electron chi connectivity index (χ3n) is 1.30. The van der Waals surface area contributed by atoms with Crippen LogP contribution in [0, 0.1) is 6.42 Å². The third kappa shape index (κ3) is 3.68. The summed E-state index contributed by atoms with van der Waals surface area (Å²) in [4.78, 5) is 0. The molecule has 0 amide bonds. The van der Waals surface area contributed by atoms with Gasteiger partial charge in [-0.2, -0.15) is 0 Å². The summed E-state index contributed by atoms with van der Waals surface area (Å²) in [5.74, 6) is 0. The zero-order chi connectivity index (χ0) is 8.65. The molecule has 0 atom stereocenters. The van der Waals surface area contributed by atoms with Crippen molar-refractivity contribution in [3.63, 3.8) is 0 Å². The average Bonchev–Trinajstić information content (AvgIpc) is 2.81. The molecule has 0 N–H and O–H groups in total. The molecule has 0 aromatic carbocycles. The zero-order valence-electron chi connectivity index (χ0n) is 7.00. The molecule has 1 aliphatic carbocycles. The van der Waals surface area contributed by atoms with E-state index in [0.717, 1.165) is 0 Å². The molecule has 0 spiro atoms. The summed E-state index contributed by atoms with van der Waals surface area (Å²) in [6, 6.07) is 4.11. The smallest absolute Gasteiger partial charge is 0.00506 e. The maximum Gasteiger partial charge on any atom is 0.00506 e. The van der Waals surface area contributed by atoms with Crippen LogP contribution < -0.4 is 0 Å². The molecule has 1 aliphatic rings. The molecule has 0 unspecified atom stereocenters. The molecule has 12 heavy (non-hydrogen) atoms. The molecule has 0 saturated carbocycles. The van der Waals surface area contributed by atoms with Crippen molar-refractivity contribution in [2.75, 3.05) is 0 Å². The Morgan fingerprint density at radius 1 is 0.917 bits per heavy atom. The van der Waals surface area contributed by atoms with E-state index in [1.807, 2.05) is 30.7 Å². The first-order chi connectivity index (χ1) is 5.93. The van der Waals surface area contributed by atoms with Crippen LogP contribution >= 0.6 is 0 Å². The molecule has 0 aliphatic heterocycles. The summed E-state index contributed by atoms with van der Waals surface area (Å²) < 4.78 is 2.22. The SMILES string of the molecule is [CH3][Ru][n]1cccc1.[CH]1C=CC=C1. The third-order valence-corrected chi connectivity index (χ3v) is 2.71. The molecule has 0 bridgehead atoms. The van der Waals surface area contributed by atoms with E-state index in [9.17, 15) is 0 Å². The number of rotatable bonds is 1. The molecule has 65 valence electrons. The van der Waals surface area contributed by atoms with Crippen LogP contribution in [0.1, 0.15) is 0 Å². The average molecular weight is 247 g/mol. The Balaban J connectivity index is 0.000000127. The van der Waals surface area contributed by atoms with Gasteiger partial charge in [-0.1, -0.05) is 24.3 Å². The van der Waals surface area contributed by atoms with Gasteiger partial charge >= 0.3 is 50.7 Å². The molecule has 1 nitrogen and oxygen atoms in total. The molecular weight excluding hydrogens is 235 g/mol. The van der Waals surface area contributed by atoms with E-state index in [1.165, 1.54) is 0 Å².